The molecule has 0 bridgehead atoms. The Hall–Kier alpha value is -0.810. The van der Waals surface area contributed by atoms with E-state index in [1.165, 1.54) is 0 Å². The number of likely N-dealkylation sites (tertiary alicyclic amines) is 2. The van der Waals surface area contributed by atoms with E-state index in [1.807, 2.05) is 4.90 Å². The minimum Gasteiger partial charge on any atom is -0.337 e. The zero-order valence-electron chi connectivity index (χ0n) is 10.6. The number of nitrogens with two attached hydrogens (primary N) is 1. The summed E-state index contributed by atoms with van der Waals surface area (Å²) in [6.45, 7) is 2.30. The lowest BCUT2D eigenvalue weighted by Crippen LogP contribution is -2.47. The molecule has 1 atom stereocenters. The molecule has 2 amide bonds. The lowest BCUT2D eigenvalue weighted by atomic mass is 10.1. The fourth-order valence-corrected chi connectivity index (χ4v) is 2.69. The molecule has 2 heterocycles. The Bertz CT molecular complexity index is 312. The Kier molecular flexibility index (Phi) is 5.88. The molecule has 2 aliphatic heterocycles. The summed E-state index contributed by atoms with van der Waals surface area (Å²) < 4.78 is 0. The summed E-state index contributed by atoms with van der Waals surface area (Å²) >= 11 is 0. The Balaban J connectivity index is 0.00000162. The minimum absolute atomic E-state index is 0. The van der Waals surface area contributed by atoms with Crippen LogP contribution in [-0.4, -0.2) is 53.8 Å². The van der Waals surface area contributed by atoms with Crippen LogP contribution in [0.4, 0.5) is 0 Å². The molecule has 6 heteroatoms. The number of amides is 2. The summed E-state index contributed by atoms with van der Waals surface area (Å²) in [6, 6.07) is 0.183. The maximum absolute atomic E-state index is 12.1. The molecule has 0 aromatic heterocycles. The van der Waals surface area contributed by atoms with Gasteiger partial charge in [0.15, 0.2) is 0 Å². The van der Waals surface area contributed by atoms with Crippen LogP contribution in [0.15, 0.2) is 0 Å². The highest BCUT2D eigenvalue weighted by Crippen LogP contribution is 2.17. The van der Waals surface area contributed by atoms with Gasteiger partial charge in [0.05, 0.1) is 6.54 Å². The zero-order valence-corrected chi connectivity index (χ0v) is 11.5. The van der Waals surface area contributed by atoms with Gasteiger partial charge in [0, 0.05) is 32.1 Å². The fourth-order valence-electron chi connectivity index (χ4n) is 2.69. The van der Waals surface area contributed by atoms with E-state index in [9.17, 15) is 9.59 Å². The maximum Gasteiger partial charge on any atom is 0.242 e. The van der Waals surface area contributed by atoms with Crippen LogP contribution in [0.2, 0.25) is 0 Å². The molecule has 0 saturated carbocycles. The predicted octanol–water partition coefficient (Wildman–Crippen LogP) is 0.370. The van der Waals surface area contributed by atoms with Crippen molar-refractivity contribution in [2.75, 3.05) is 26.2 Å². The predicted molar refractivity (Wildman–Crippen MR) is 71.5 cm³/mol. The summed E-state index contributed by atoms with van der Waals surface area (Å²) in [7, 11) is 0. The van der Waals surface area contributed by atoms with E-state index in [1.54, 1.807) is 4.90 Å². The first-order chi connectivity index (χ1) is 8.22. The monoisotopic (exact) mass is 275 g/mol. The second kappa shape index (κ2) is 6.95. The van der Waals surface area contributed by atoms with Gasteiger partial charge in [0.2, 0.25) is 11.8 Å². The van der Waals surface area contributed by atoms with Crippen LogP contribution in [-0.2, 0) is 9.59 Å². The van der Waals surface area contributed by atoms with Crippen LogP contribution in [0.3, 0.4) is 0 Å². The lowest BCUT2D eigenvalue weighted by molar-refractivity contribution is -0.142. The van der Waals surface area contributed by atoms with Crippen LogP contribution < -0.4 is 5.73 Å². The molecule has 2 aliphatic rings. The first kappa shape index (κ1) is 15.2. The van der Waals surface area contributed by atoms with Crippen molar-refractivity contribution in [2.24, 2.45) is 5.73 Å². The van der Waals surface area contributed by atoms with E-state index in [0.29, 0.717) is 13.0 Å². The quantitative estimate of drug-likeness (QED) is 0.809. The Labute approximate surface area is 114 Å². The van der Waals surface area contributed by atoms with Gasteiger partial charge < -0.3 is 15.5 Å². The highest BCUT2D eigenvalue weighted by molar-refractivity contribution is 5.85. The molecule has 2 fully saturated rings. The van der Waals surface area contributed by atoms with Gasteiger partial charge in [-0.1, -0.05) is 0 Å². The van der Waals surface area contributed by atoms with Crippen molar-refractivity contribution in [3.63, 3.8) is 0 Å². The van der Waals surface area contributed by atoms with Gasteiger partial charge >= 0.3 is 0 Å². The van der Waals surface area contributed by atoms with Crippen LogP contribution in [0.25, 0.3) is 0 Å². The molecule has 1 unspecified atom stereocenters. The van der Waals surface area contributed by atoms with Crippen molar-refractivity contribution in [1.29, 1.82) is 0 Å². The van der Waals surface area contributed by atoms with Gasteiger partial charge in [0.25, 0.3) is 0 Å². The Morgan fingerprint density at radius 1 is 1.28 bits per heavy atom. The van der Waals surface area contributed by atoms with Crippen molar-refractivity contribution in [3.05, 3.63) is 0 Å². The molecule has 2 rings (SSSR count). The fraction of sp³-hybridized carbons (Fsp3) is 0.833. The maximum atomic E-state index is 12.1. The van der Waals surface area contributed by atoms with Crippen LogP contribution in [0.5, 0.6) is 0 Å². The number of nitrogens with zero attached hydrogens (tertiary/aromatic N) is 2. The number of rotatable bonds is 3. The van der Waals surface area contributed by atoms with E-state index in [2.05, 4.69) is 0 Å². The molecule has 2 N–H and O–H groups in total. The Morgan fingerprint density at radius 3 is 2.72 bits per heavy atom. The van der Waals surface area contributed by atoms with E-state index in [-0.39, 0.29) is 36.8 Å². The van der Waals surface area contributed by atoms with Gasteiger partial charge in [-0.2, -0.15) is 0 Å². The zero-order chi connectivity index (χ0) is 12.3. The van der Waals surface area contributed by atoms with E-state index >= 15 is 0 Å². The molecular formula is C12H22ClN3O2. The summed E-state index contributed by atoms with van der Waals surface area (Å²) in [5, 5.41) is 0. The van der Waals surface area contributed by atoms with Crippen LogP contribution in [0.1, 0.15) is 32.1 Å². The molecule has 0 aromatic rings. The summed E-state index contributed by atoms with van der Waals surface area (Å²) in [6.07, 6.45) is 4.59. The molecule has 0 spiro atoms. The third-order valence-corrected chi connectivity index (χ3v) is 3.72. The average molecular weight is 276 g/mol. The first-order valence-corrected chi connectivity index (χ1v) is 6.49. The molecule has 2 saturated heterocycles. The third kappa shape index (κ3) is 3.36. The third-order valence-electron chi connectivity index (χ3n) is 3.72. The molecule has 18 heavy (non-hydrogen) atoms. The molecule has 104 valence electrons. The second-order valence-electron chi connectivity index (χ2n) is 4.89. The van der Waals surface area contributed by atoms with Crippen molar-refractivity contribution in [1.82, 2.24) is 9.80 Å². The van der Waals surface area contributed by atoms with E-state index in [4.69, 9.17) is 5.73 Å². The normalized spacial score (nSPS) is 24.1. The molecule has 5 nitrogen and oxygen atoms in total. The van der Waals surface area contributed by atoms with Gasteiger partial charge in [-0.3, -0.25) is 9.59 Å². The van der Waals surface area contributed by atoms with E-state index < -0.39 is 0 Å². The van der Waals surface area contributed by atoms with Gasteiger partial charge in [-0.05, 0) is 25.7 Å². The summed E-state index contributed by atoms with van der Waals surface area (Å²) in [4.78, 5) is 27.3. The molecular weight excluding hydrogens is 254 g/mol. The molecule has 0 aliphatic carbocycles. The number of piperidine rings is 1. The minimum atomic E-state index is 0. The first-order valence-electron chi connectivity index (χ1n) is 6.49. The molecule has 0 radical (unpaired) electrons. The number of halogens is 1. The van der Waals surface area contributed by atoms with Crippen molar-refractivity contribution >= 4 is 24.2 Å². The van der Waals surface area contributed by atoms with Gasteiger partial charge in [0.1, 0.15) is 0 Å². The number of hydrogen-bond acceptors (Lipinski definition) is 3. The largest absolute Gasteiger partial charge is 0.337 e. The van der Waals surface area contributed by atoms with Crippen LogP contribution >= 0.6 is 12.4 Å². The van der Waals surface area contributed by atoms with Crippen molar-refractivity contribution in [3.8, 4) is 0 Å². The molecule has 0 aromatic carbocycles. The van der Waals surface area contributed by atoms with Gasteiger partial charge in [-0.15, -0.1) is 12.4 Å². The SMILES string of the molecule is Cl.NCC1CCCN1C(=O)CN1CCCCC1=O. The van der Waals surface area contributed by atoms with Crippen molar-refractivity contribution < 1.29 is 9.59 Å². The average Bonchev–Trinajstić information content (AvgIpc) is 2.80. The second-order valence-corrected chi connectivity index (χ2v) is 4.89. The Morgan fingerprint density at radius 2 is 2.06 bits per heavy atom. The number of hydrogen-bond donors (Lipinski definition) is 1. The summed E-state index contributed by atoms with van der Waals surface area (Å²) in [5.41, 5.74) is 5.65. The van der Waals surface area contributed by atoms with E-state index in [0.717, 1.165) is 38.8 Å². The lowest BCUT2D eigenvalue weighted by Gasteiger charge is -2.30. The number of carbonyl (C=O) groups excluding carboxylic acids is 2. The van der Waals surface area contributed by atoms with Crippen molar-refractivity contribution in [2.45, 2.75) is 38.1 Å². The van der Waals surface area contributed by atoms with Gasteiger partial charge in [-0.25, -0.2) is 0 Å². The smallest absolute Gasteiger partial charge is 0.242 e. The topological polar surface area (TPSA) is 66.6 Å². The highest BCUT2D eigenvalue weighted by Gasteiger charge is 2.30. The number of carbonyl (C=O) groups is 2. The summed E-state index contributed by atoms with van der Waals surface area (Å²) in [5.74, 6) is 0.182. The van der Waals surface area contributed by atoms with Crippen LogP contribution in [0, 0.1) is 0 Å². The standard InChI is InChI=1S/C12H21N3O2.ClH/c13-8-10-4-3-7-15(10)12(17)9-14-6-2-1-5-11(14)16;/h10H,1-9,13H2;1H. The highest BCUT2D eigenvalue weighted by atomic mass is 35.5.